The van der Waals surface area contributed by atoms with Gasteiger partial charge in [-0.05, 0) is 75.2 Å². The normalized spacial score (nSPS) is 20.4. The molecule has 0 spiro atoms. The molecule has 12 heteroatoms. The van der Waals surface area contributed by atoms with E-state index in [9.17, 15) is 31.1 Å². The van der Waals surface area contributed by atoms with Gasteiger partial charge in [0.15, 0.2) is 0 Å². The van der Waals surface area contributed by atoms with Crippen LogP contribution < -0.4 is 15.4 Å². The second kappa shape index (κ2) is 9.97. The van der Waals surface area contributed by atoms with Crippen LogP contribution in [0.15, 0.2) is 60.8 Å². The van der Waals surface area contributed by atoms with Crippen molar-refractivity contribution < 1.29 is 35.9 Å². The first-order valence-corrected chi connectivity index (χ1v) is 11.8. The lowest BCUT2D eigenvalue weighted by atomic mass is 9.90. The first-order valence-electron chi connectivity index (χ1n) is 11.8. The van der Waals surface area contributed by atoms with Gasteiger partial charge in [0.1, 0.15) is 5.75 Å². The van der Waals surface area contributed by atoms with Crippen LogP contribution in [0.4, 0.5) is 32.0 Å². The molecule has 0 saturated carbocycles. The Morgan fingerprint density at radius 3 is 2.29 bits per heavy atom. The molecule has 3 aromatic rings. The van der Waals surface area contributed by atoms with E-state index in [2.05, 4.69) is 20.5 Å². The molecule has 0 aliphatic carbocycles. The molecule has 2 heterocycles. The number of nitrogens with one attached hydrogen (secondary N) is 2. The Balaban J connectivity index is 1.58. The van der Waals surface area contributed by atoms with Gasteiger partial charge < -0.3 is 10.1 Å². The summed E-state index contributed by atoms with van der Waals surface area (Å²) in [6, 6.07) is 9.95. The zero-order chi connectivity index (χ0) is 27.9. The molecule has 1 amide bonds. The fraction of sp³-hybridized carbons (Fsp3) is 0.385. The summed E-state index contributed by atoms with van der Waals surface area (Å²) >= 11 is 0. The molecule has 1 aromatic heterocycles. The van der Waals surface area contributed by atoms with Crippen LogP contribution >= 0.6 is 0 Å². The van der Waals surface area contributed by atoms with E-state index in [4.69, 9.17) is 0 Å². The van der Waals surface area contributed by atoms with Crippen molar-refractivity contribution in [3.8, 4) is 5.75 Å². The van der Waals surface area contributed by atoms with E-state index in [0.29, 0.717) is 11.3 Å². The molecule has 0 bridgehead atoms. The van der Waals surface area contributed by atoms with Gasteiger partial charge in [-0.25, -0.2) is 0 Å². The molecule has 0 radical (unpaired) electrons. The second-order valence-electron chi connectivity index (χ2n) is 10.1. The highest BCUT2D eigenvalue weighted by atomic mass is 19.4. The summed E-state index contributed by atoms with van der Waals surface area (Å²) in [5.41, 5.74) is 0.0968. The summed E-state index contributed by atoms with van der Waals surface area (Å²) in [4.78, 5) is 13.1. The van der Waals surface area contributed by atoms with Crippen LogP contribution in [0.3, 0.4) is 0 Å². The lowest BCUT2D eigenvalue weighted by Crippen LogP contribution is -2.36. The molecule has 1 fully saturated rings. The molecule has 1 saturated heterocycles. The average Bonchev–Trinajstić information content (AvgIpc) is 3.46. The van der Waals surface area contributed by atoms with Gasteiger partial charge in [0.2, 0.25) is 5.91 Å². The molecule has 38 heavy (non-hydrogen) atoms. The molecule has 1 unspecified atom stereocenters. The largest absolute Gasteiger partial charge is 0.573 e. The zero-order valence-electron chi connectivity index (χ0n) is 20.7. The highest BCUT2D eigenvalue weighted by Gasteiger charge is 2.41. The summed E-state index contributed by atoms with van der Waals surface area (Å²) in [6.45, 7) is 5.88. The summed E-state index contributed by atoms with van der Waals surface area (Å²) in [5, 5.41) is 10.4. The van der Waals surface area contributed by atoms with Gasteiger partial charge in [-0.1, -0.05) is 12.1 Å². The lowest BCUT2D eigenvalue weighted by Gasteiger charge is -2.21. The molecule has 2 aromatic carbocycles. The van der Waals surface area contributed by atoms with E-state index < -0.39 is 47.8 Å². The third kappa shape index (κ3) is 6.47. The molecule has 6 nitrogen and oxygen atoms in total. The number of benzene rings is 2. The van der Waals surface area contributed by atoms with Crippen molar-refractivity contribution in [2.75, 3.05) is 5.32 Å². The van der Waals surface area contributed by atoms with E-state index in [1.165, 1.54) is 18.2 Å². The minimum absolute atomic E-state index is 0.238. The number of amides is 1. The number of carbonyl (C=O) groups is 1. The number of alkyl halides is 6. The van der Waals surface area contributed by atoms with Gasteiger partial charge >= 0.3 is 12.5 Å². The first kappa shape index (κ1) is 27.5. The summed E-state index contributed by atoms with van der Waals surface area (Å²) < 4.78 is 83.0. The van der Waals surface area contributed by atoms with Crippen molar-refractivity contribution in [3.05, 3.63) is 77.6 Å². The van der Waals surface area contributed by atoms with E-state index in [0.717, 1.165) is 24.3 Å². The fourth-order valence-corrected chi connectivity index (χ4v) is 4.38. The quantitative estimate of drug-likeness (QED) is 0.369. The van der Waals surface area contributed by atoms with Crippen LogP contribution in [-0.2, 0) is 16.5 Å². The minimum atomic E-state index is -4.84. The lowest BCUT2D eigenvalue weighted by molar-refractivity contribution is -0.274. The van der Waals surface area contributed by atoms with Crippen molar-refractivity contribution in [3.63, 3.8) is 0 Å². The predicted octanol–water partition coefficient (Wildman–Crippen LogP) is 6.38. The predicted molar refractivity (Wildman–Crippen MR) is 127 cm³/mol. The number of rotatable bonds is 5. The molecule has 4 rings (SSSR count). The molecule has 1 aliphatic rings. The van der Waals surface area contributed by atoms with Crippen molar-refractivity contribution in [2.24, 2.45) is 0 Å². The van der Waals surface area contributed by atoms with Gasteiger partial charge in [-0.15, -0.1) is 13.2 Å². The maximum atomic E-state index is 13.4. The molecular weight excluding hydrogens is 514 g/mol. The number of aromatic nitrogens is 2. The van der Waals surface area contributed by atoms with Crippen molar-refractivity contribution in [2.45, 2.75) is 63.3 Å². The number of hydrogen-bond acceptors (Lipinski definition) is 4. The van der Waals surface area contributed by atoms with E-state index in [-0.39, 0.29) is 17.6 Å². The Morgan fingerprint density at radius 2 is 1.71 bits per heavy atom. The number of anilines is 1. The molecular formula is C26H26F6N4O2. The SMILES string of the molecule is CC(C)(C)n1ccc(C2C[C@@H](C(=O)Nc3ccc(OC(F)(F)F)cc3)N[C@H]2c2cccc(C(F)(F)F)c2)n1. The Labute approximate surface area is 215 Å². The Morgan fingerprint density at radius 1 is 1.03 bits per heavy atom. The van der Waals surface area contributed by atoms with Crippen LogP contribution in [0.5, 0.6) is 5.75 Å². The van der Waals surface area contributed by atoms with Crippen LogP contribution in [0.2, 0.25) is 0 Å². The smallest absolute Gasteiger partial charge is 0.406 e. The Bertz CT molecular complexity index is 1280. The van der Waals surface area contributed by atoms with Crippen LogP contribution in [-0.4, -0.2) is 28.1 Å². The third-order valence-corrected chi connectivity index (χ3v) is 6.19. The monoisotopic (exact) mass is 540 g/mol. The Hall–Kier alpha value is -3.54. The molecule has 2 N–H and O–H groups in total. The number of ether oxygens (including phenoxy) is 1. The van der Waals surface area contributed by atoms with Gasteiger partial charge in [-0.2, -0.15) is 18.3 Å². The maximum Gasteiger partial charge on any atom is 0.573 e. The summed E-state index contributed by atoms with van der Waals surface area (Å²) in [6.07, 6.45) is -7.34. The topological polar surface area (TPSA) is 68.2 Å². The standard InChI is InChI=1S/C26H26F6N4O2/c1-24(2,3)36-12-11-20(35-36)19-14-21(34-22(19)15-5-4-6-16(13-15)25(27,28)29)23(37)33-17-7-9-18(10-8-17)38-26(30,31)32/h4-13,19,21-22,34H,14H2,1-3H3,(H,33,37)/t19?,21-,22-/m0/s1. The van der Waals surface area contributed by atoms with E-state index in [1.54, 1.807) is 23.0 Å². The van der Waals surface area contributed by atoms with Crippen molar-refractivity contribution in [1.29, 1.82) is 0 Å². The van der Waals surface area contributed by atoms with Gasteiger partial charge in [-0.3, -0.25) is 14.8 Å². The summed E-state index contributed by atoms with van der Waals surface area (Å²) in [5.74, 6) is -1.33. The molecule has 204 valence electrons. The Kier molecular flexibility index (Phi) is 7.21. The number of carbonyl (C=O) groups excluding carboxylic acids is 1. The van der Waals surface area contributed by atoms with E-state index in [1.807, 2.05) is 20.8 Å². The number of hydrogen-bond donors (Lipinski definition) is 2. The van der Waals surface area contributed by atoms with Gasteiger partial charge in [0.25, 0.3) is 0 Å². The zero-order valence-corrected chi connectivity index (χ0v) is 20.7. The maximum absolute atomic E-state index is 13.4. The van der Waals surface area contributed by atoms with Crippen molar-refractivity contribution >= 4 is 11.6 Å². The average molecular weight is 541 g/mol. The van der Waals surface area contributed by atoms with Gasteiger partial charge in [0, 0.05) is 23.8 Å². The summed E-state index contributed by atoms with van der Waals surface area (Å²) in [7, 11) is 0. The highest BCUT2D eigenvalue weighted by molar-refractivity contribution is 5.95. The molecule has 3 atom stereocenters. The van der Waals surface area contributed by atoms with Gasteiger partial charge in [0.05, 0.1) is 22.8 Å². The number of halogens is 6. The van der Waals surface area contributed by atoms with Crippen LogP contribution in [0, 0.1) is 0 Å². The van der Waals surface area contributed by atoms with E-state index >= 15 is 0 Å². The fourth-order valence-electron chi connectivity index (χ4n) is 4.38. The van der Waals surface area contributed by atoms with Crippen LogP contribution in [0.1, 0.15) is 56.0 Å². The first-order chi connectivity index (χ1) is 17.6. The highest BCUT2D eigenvalue weighted by Crippen LogP contribution is 2.42. The third-order valence-electron chi connectivity index (χ3n) is 6.19. The van der Waals surface area contributed by atoms with Crippen molar-refractivity contribution in [1.82, 2.24) is 15.1 Å². The molecule has 1 aliphatic heterocycles. The minimum Gasteiger partial charge on any atom is -0.406 e. The van der Waals surface area contributed by atoms with Crippen LogP contribution in [0.25, 0.3) is 0 Å². The second-order valence-corrected chi connectivity index (χ2v) is 10.1. The number of nitrogens with zero attached hydrogens (tertiary/aromatic N) is 2.